The van der Waals surface area contributed by atoms with E-state index >= 15 is 0 Å². The summed E-state index contributed by atoms with van der Waals surface area (Å²) in [5, 5.41) is 11.8. The van der Waals surface area contributed by atoms with Crippen LogP contribution in [0.1, 0.15) is 22.7 Å². The molecule has 0 amide bonds. The Balaban J connectivity index is 1.63. The minimum Gasteiger partial charge on any atom is -0.508 e. The first-order valence-corrected chi connectivity index (χ1v) is 10.6. The molecular weight excluding hydrogens is 403 g/mol. The van der Waals surface area contributed by atoms with Crippen LogP contribution in [0.2, 0.25) is 10.0 Å². The average molecular weight is 427 g/mol. The number of para-hydroxylation sites is 1. The third-order valence-corrected chi connectivity index (χ3v) is 6.47. The topological polar surface area (TPSA) is 26.7 Å². The number of halogens is 2. The predicted molar refractivity (Wildman–Crippen MR) is 121 cm³/mol. The van der Waals surface area contributed by atoms with Crippen LogP contribution in [0.15, 0.2) is 66.7 Å². The van der Waals surface area contributed by atoms with Gasteiger partial charge in [0.1, 0.15) is 5.75 Å². The van der Waals surface area contributed by atoms with Crippen molar-refractivity contribution in [3.63, 3.8) is 0 Å². The number of anilines is 1. The summed E-state index contributed by atoms with van der Waals surface area (Å²) in [7, 11) is 0. The van der Waals surface area contributed by atoms with E-state index in [1.54, 1.807) is 6.07 Å². The molecule has 150 valence electrons. The number of piperazine rings is 1. The molecule has 4 rings (SSSR count). The standard InChI is InChI=1S/C24H24Cl2N2O/c1-17-7-2-3-8-18(17)24(19-9-4-5-12-22(19)29)28-15-13-27(14-16-28)21-11-6-10-20(25)23(21)26/h2-12,24,29H,13-16H2,1H3. The average Bonchev–Trinajstić information content (AvgIpc) is 2.73. The number of hydrogen-bond acceptors (Lipinski definition) is 3. The quantitative estimate of drug-likeness (QED) is 0.560. The van der Waals surface area contributed by atoms with Gasteiger partial charge in [-0.3, -0.25) is 4.90 Å². The van der Waals surface area contributed by atoms with Gasteiger partial charge in [-0.2, -0.15) is 0 Å². The van der Waals surface area contributed by atoms with Gasteiger partial charge < -0.3 is 10.0 Å². The summed E-state index contributed by atoms with van der Waals surface area (Å²) in [6, 6.07) is 21.8. The first-order chi connectivity index (χ1) is 14.1. The largest absolute Gasteiger partial charge is 0.508 e. The molecule has 1 unspecified atom stereocenters. The molecule has 1 heterocycles. The van der Waals surface area contributed by atoms with Gasteiger partial charge in [0.15, 0.2) is 0 Å². The van der Waals surface area contributed by atoms with Gasteiger partial charge in [0, 0.05) is 31.7 Å². The van der Waals surface area contributed by atoms with Gasteiger partial charge >= 0.3 is 0 Å². The van der Waals surface area contributed by atoms with Gasteiger partial charge in [-0.1, -0.05) is 71.7 Å². The van der Waals surface area contributed by atoms with E-state index in [9.17, 15) is 5.11 Å². The van der Waals surface area contributed by atoms with E-state index in [0.717, 1.165) is 37.4 Å². The number of nitrogens with zero attached hydrogens (tertiary/aromatic N) is 2. The zero-order valence-corrected chi connectivity index (χ0v) is 17.9. The third-order valence-electron chi connectivity index (χ3n) is 5.67. The minimum atomic E-state index is 0.00869. The zero-order valence-electron chi connectivity index (χ0n) is 16.4. The van der Waals surface area contributed by atoms with E-state index in [2.05, 4.69) is 41.0 Å². The highest BCUT2D eigenvalue weighted by Gasteiger charge is 2.29. The smallest absolute Gasteiger partial charge is 0.120 e. The normalized spacial score (nSPS) is 16.0. The molecule has 0 spiro atoms. The van der Waals surface area contributed by atoms with Crippen molar-refractivity contribution in [1.29, 1.82) is 0 Å². The fraction of sp³-hybridized carbons (Fsp3) is 0.250. The number of phenols is 1. The molecule has 1 aliphatic heterocycles. The van der Waals surface area contributed by atoms with E-state index in [1.807, 2.05) is 36.4 Å². The Morgan fingerprint density at radius 3 is 2.14 bits per heavy atom. The summed E-state index contributed by atoms with van der Waals surface area (Å²) >= 11 is 12.6. The Morgan fingerprint density at radius 1 is 0.793 bits per heavy atom. The van der Waals surface area contributed by atoms with Crippen molar-refractivity contribution in [2.24, 2.45) is 0 Å². The van der Waals surface area contributed by atoms with Crippen LogP contribution in [0.5, 0.6) is 5.75 Å². The Kier molecular flexibility index (Phi) is 6.00. The molecule has 0 saturated carbocycles. The molecule has 1 fully saturated rings. The Hall–Kier alpha value is -2.20. The maximum Gasteiger partial charge on any atom is 0.120 e. The van der Waals surface area contributed by atoms with Crippen molar-refractivity contribution in [2.45, 2.75) is 13.0 Å². The number of hydrogen-bond donors (Lipinski definition) is 1. The summed E-state index contributed by atoms with van der Waals surface area (Å²) in [6.45, 7) is 5.53. The number of benzene rings is 3. The van der Waals surface area contributed by atoms with Gasteiger partial charge in [-0.05, 0) is 36.2 Å². The second-order valence-corrected chi connectivity index (χ2v) is 8.20. The van der Waals surface area contributed by atoms with Crippen molar-refractivity contribution in [2.75, 3.05) is 31.1 Å². The summed E-state index contributed by atoms with van der Waals surface area (Å²) in [6.07, 6.45) is 0. The second-order valence-electron chi connectivity index (χ2n) is 7.41. The molecule has 29 heavy (non-hydrogen) atoms. The maximum absolute atomic E-state index is 10.6. The Bertz CT molecular complexity index is 954. The highest BCUT2D eigenvalue weighted by molar-refractivity contribution is 6.43. The molecule has 0 radical (unpaired) electrons. The number of phenolic OH excluding ortho intramolecular Hbond substituents is 1. The molecule has 1 aliphatic rings. The van der Waals surface area contributed by atoms with Gasteiger partial charge in [0.25, 0.3) is 0 Å². The van der Waals surface area contributed by atoms with Gasteiger partial charge in [-0.25, -0.2) is 0 Å². The Morgan fingerprint density at radius 2 is 1.45 bits per heavy atom. The summed E-state index contributed by atoms with van der Waals surface area (Å²) < 4.78 is 0. The van der Waals surface area contributed by atoms with Crippen LogP contribution in [0.4, 0.5) is 5.69 Å². The first kappa shape index (κ1) is 20.1. The van der Waals surface area contributed by atoms with Crippen molar-refractivity contribution in [1.82, 2.24) is 4.90 Å². The lowest BCUT2D eigenvalue weighted by Crippen LogP contribution is -2.48. The Labute approximate surface area is 182 Å². The molecule has 3 aromatic carbocycles. The van der Waals surface area contributed by atoms with Crippen LogP contribution in [0.25, 0.3) is 0 Å². The minimum absolute atomic E-state index is 0.00869. The predicted octanol–water partition coefficient (Wildman–Crippen LogP) is 5.92. The summed E-state index contributed by atoms with van der Waals surface area (Å²) in [5.74, 6) is 0.334. The molecule has 3 aromatic rings. The van der Waals surface area contributed by atoms with E-state index in [0.29, 0.717) is 15.8 Å². The number of rotatable bonds is 4. The fourth-order valence-corrected chi connectivity index (χ4v) is 4.55. The van der Waals surface area contributed by atoms with Crippen LogP contribution in [-0.4, -0.2) is 36.2 Å². The van der Waals surface area contributed by atoms with Gasteiger partial charge in [0.05, 0.1) is 21.8 Å². The summed E-state index contributed by atoms with van der Waals surface area (Å²) in [5.41, 5.74) is 4.37. The van der Waals surface area contributed by atoms with E-state index in [-0.39, 0.29) is 6.04 Å². The molecule has 0 bridgehead atoms. The lowest BCUT2D eigenvalue weighted by molar-refractivity contribution is 0.209. The summed E-state index contributed by atoms with van der Waals surface area (Å²) in [4.78, 5) is 4.72. The highest BCUT2D eigenvalue weighted by Crippen LogP contribution is 2.38. The van der Waals surface area contributed by atoms with Crippen molar-refractivity contribution in [3.05, 3.63) is 93.5 Å². The van der Waals surface area contributed by atoms with Crippen molar-refractivity contribution < 1.29 is 5.11 Å². The number of aryl methyl sites for hydroxylation is 1. The number of aromatic hydroxyl groups is 1. The monoisotopic (exact) mass is 426 g/mol. The van der Waals surface area contributed by atoms with Crippen LogP contribution < -0.4 is 4.90 Å². The second kappa shape index (κ2) is 8.66. The molecule has 0 aromatic heterocycles. The van der Waals surface area contributed by atoms with E-state index < -0.39 is 0 Å². The first-order valence-electron chi connectivity index (χ1n) is 9.82. The molecule has 1 atom stereocenters. The zero-order chi connectivity index (χ0) is 20.4. The van der Waals surface area contributed by atoms with Crippen LogP contribution >= 0.6 is 23.2 Å². The van der Waals surface area contributed by atoms with Crippen molar-refractivity contribution >= 4 is 28.9 Å². The van der Waals surface area contributed by atoms with Crippen LogP contribution in [-0.2, 0) is 0 Å². The lowest BCUT2D eigenvalue weighted by Gasteiger charge is -2.41. The molecule has 0 aliphatic carbocycles. The molecule has 5 heteroatoms. The molecule has 1 saturated heterocycles. The fourth-order valence-electron chi connectivity index (χ4n) is 4.13. The van der Waals surface area contributed by atoms with Crippen molar-refractivity contribution in [3.8, 4) is 5.75 Å². The van der Waals surface area contributed by atoms with E-state index in [1.165, 1.54) is 11.1 Å². The highest BCUT2D eigenvalue weighted by atomic mass is 35.5. The molecule has 3 nitrogen and oxygen atoms in total. The van der Waals surface area contributed by atoms with Gasteiger partial charge in [0.2, 0.25) is 0 Å². The molecular formula is C24H24Cl2N2O. The molecule has 1 N–H and O–H groups in total. The maximum atomic E-state index is 10.6. The van der Waals surface area contributed by atoms with E-state index in [4.69, 9.17) is 23.2 Å². The van der Waals surface area contributed by atoms with Crippen LogP contribution in [0, 0.1) is 6.92 Å². The SMILES string of the molecule is Cc1ccccc1C(c1ccccc1O)N1CCN(c2cccc(Cl)c2Cl)CC1. The lowest BCUT2D eigenvalue weighted by atomic mass is 9.92. The van der Waals surface area contributed by atoms with Gasteiger partial charge in [-0.15, -0.1) is 0 Å². The third kappa shape index (κ3) is 4.09. The van der Waals surface area contributed by atoms with Crippen LogP contribution in [0.3, 0.4) is 0 Å².